The number of halogens is 2. The highest BCUT2D eigenvalue weighted by Crippen LogP contribution is 2.48. The predicted molar refractivity (Wildman–Crippen MR) is 126 cm³/mol. The number of hydrogen-bond acceptors (Lipinski definition) is 3. The van der Waals surface area contributed by atoms with E-state index in [0.29, 0.717) is 10.0 Å². The van der Waals surface area contributed by atoms with Crippen molar-refractivity contribution < 1.29 is 4.74 Å². The molecule has 3 nitrogen and oxygen atoms in total. The van der Waals surface area contributed by atoms with Crippen LogP contribution in [0.1, 0.15) is 35.4 Å². The summed E-state index contributed by atoms with van der Waals surface area (Å²) >= 11 is 12.7. The van der Waals surface area contributed by atoms with Crippen LogP contribution >= 0.6 is 23.2 Å². The van der Waals surface area contributed by atoms with Gasteiger partial charge >= 0.3 is 0 Å². The molecule has 0 amide bonds. The first kappa shape index (κ1) is 18.7. The Morgan fingerprint density at radius 2 is 1.61 bits per heavy atom. The summed E-state index contributed by atoms with van der Waals surface area (Å²) in [5.41, 5.74) is 4.18. The second-order valence-corrected chi connectivity index (χ2v) is 8.73. The Labute approximate surface area is 190 Å². The Kier molecular flexibility index (Phi) is 4.41. The normalized spacial score (nSPS) is 19.5. The van der Waals surface area contributed by atoms with Gasteiger partial charge in [0.1, 0.15) is 5.75 Å². The third-order valence-corrected chi connectivity index (χ3v) is 6.57. The van der Waals surface area contributed by atoms with E-state index in [-0.39, 0.29) is 6.04 Å². The van der Waals surface area contributed by atoms with E-state index in [0.717, 1.165) is 34.6 Å². The maximum absolute atomic E-state index is 6.56. The second kappa shape index (κ2) is 7.30. The number of para-hydroxylation sites is 1. The molecule has 4 aromatic rings. The third kappa shape index (κ3) is 3.16. The third-order valence-electron chi connectivity index (χ3n) is 6.01. The number of fused-ring (bicyclic) bond motifs is 4. The average Bonchev–Trinajstić information content (AvgIpc) is 3.24. The highest BCUT2D eigenvalue weighted by atomic mass is 35.5. The van der Waals surface area contributed by atoms with Crippen molar-refractivity contribution in [1.82, 2.24) is 5.01 Å². The number of nitrogens with zero attached hydrogens (tertiary/aromatic N) is 2. The molecule has 2 aliphatic heterocycles. The van der Waals surface area contributed by atoms with Gasteiger partial charge in [-0.15, -0.1) is 0 Å². The standard InChI is InChI=1S/C26H18Cl2N2O/c27-19-11-12-20(22(28)14-19)26-30-24(21-7-3-4-8-25(21)31-26)15-23(29-30)18-10-9-16-5-1-2-6-17(16)13-18/h1-14,24,26H,15H2/t24-,26-/m0/s1. The van der Waals surface area contributed by atoms with Crippen LogP contribution in [0.2, 0.25) is 10.0 Å². The van der Waals surface area contributed by atoms with Crippen molar-refractivity contribution in [3.05, 3.63) is 112 Å². The lowest BCUT2D eigenvalue weighted by atomic mass is 9.95. The molecular formula is C26H18Cl2N2O. The van der Waals surface area contributed by atoms with Gasteiger partial charge in [0, 0.05) is 22.6 Å². The molecule has 0 radical (unpaired) electrons. The van der Waals surface area contributed by atoms with Gasteiger partial charge in [-0.25, -0.2) is 5.01 Å². The lowest BCUT2D eigenvalue weighted by molar-refractivity contribution is -0.0189. The minimum absolute atomic E-state index is 0.0863. The highest BCUT2D eigenvalue weighted by molar-refractivity contribution is 6.35. The average molecular weight is 445 g/mol. The van der Waals surface area contributed by atoms with Crippen LogP contribution in [0, 0.1) is 0 Å². The van der Waals surface area contributed by atoms with Crippen molar-refractivity contribution in [3.63, 3.8) is 0 Å². The molecule has 4 aromatic carbocycles. The van der Waals surface area contributed by atoms with Gasteiger partial charge in [-0.1, -0.05) is 83.9 Å². The van der Waals surface area contributed by atoms with E-state index < -0.39 is 6.23 Å². The minimum atomic E-state index is -0.414. The van der Waals surface area contributed by atoms with Crippen molar-refractivity contribution in [1.29, 1.82) is 0 Å². The van der Waals surface area contributed by atoms with Crippen molar-refractivity contribution >= 4 is 39.7 Å². The van der Waals surface area contributed by atoms with Crippen LogP contribution in [0.4, 0.5) is 0 Å². The Balaban J connectivity index is 1.46. The molecule has 2 atom stereocenters. The molecule has 0 aliphatic carbocycles. The SMILES string of the molecule is Clc1ccc([C@@H]2Oc3ccccc3[C@@H]3CC(c4ccc5ccccc5c4)=NN32)c(Cl)c1. The highest BCUT2D eigenvalue weighted by Gasteiger charge is 2.41. The molecule has 6 rings (SSSR count). The zero-order valence-corrected chi connectivity index (χ0v) is 18.0. The summed E-state index contributed by atoms with van der Waals surface area (Å²) in [6.45, 7) is 0. The Morgan fingerprint density at radius 3 is 2.48 bits per heavy atom. The molecule has 0 fully saturated rings. The molecular weight excluding hydrogens is 427 g/mol. The lowest BCUT2D eigenvalue weighted by Gasteiger charge is -2.38. The summed E-state index contributed by atoms with van der Waals surface area (Å²) < 4.78 is 6.40. The van der Waals surface area contributed by atoms with E-state index in [1.807, 2.05) is 35.3 Å². The minimum Gasteiger partial charge on any atom is -0.464 e. The van der Waals surface area contributed by atoms with Gasteiger partial charge in [-0.2, -0.15) is 5.10 Å². The van der Waals surface area contributed by atoms with Crippen LogP contribution in [0.25, 0.3) is 10.8 Å². The first-order valence-electron chi connectivity index (χ1n) is 10.2. The van der Waals surface area contributed by atoms with Gasteiger partial charge in [-0.05, 0) is 40.6 Å². The second-order valence-electron chi connectivity index (χ2n) is 7.88. The zero-order chi connectivity index (χ0) is 20.9. The monoisotopic (exact) mass is 444 g/mol. The number of ether oxygens (including phenoxy) is 1. The quantitative estimate of drug-likeness (QED) is 0.321. The van der Waals surface area contributed by atoms with Crippen LogP contribution < -0.4 is 4.74 Å². The molecule has 152 valence electrons. The molecule has 0 N–H and O–H groups in total. The summed E-state index contributed by atoms with van der Waals surface area (Å²) in [5, 5.41) is 10.7. The van der Waals surface area contributed by atoms with Gasteiger partial charge in [0.2, 0.25) is 6.23 Å². The Bertz CT molecular complexity index is 1350. The molecule has 0 saturated carbocycles. The Morgan fingerprint density at radius 1 is 0.806 bits per heavy atom. The van der Waals surface area contributed by atoms with Gasteiger partial charge in [0.25, 0.3) is 0 Å². The number of hydrogen-bond donors (Lipinski definition) is 0. The number of benzene rings is 4. The van der Waals surface area contributed by atoms with Crippen molar-refractivity contribution in [2.45, 2.75) is 18.7 Å². The molecule has 0 saturated heterocycles. The molecule has 0 aromatic heterocycles. The number of rotatable bonds is 2. The van der Waals surface area contributed by atoms with E-state index in [2.05, 4.69) is 48.5 Å². The fraction of sp³-hybridized carbons (Fsp3) is 0.115. The fourth-order valence-electron chi connectivity index (χ4n) is 4.48. The van der Waals surface area contributed by atoms with Gasteiger partial charge in [-0.3, -0.25) is 0 Å². The summed E-state index contributed by atoms with van der Waals surface area (Å²) in [4.78, 5) is 0. The topological polar surface area (TPSA) is 24.8 Å². The van der Waals surface area contributed by atoms with Crippen molar-refractivity contribution in [2.24, 2.45) is 5.10 Å². The summed E-state index contributed by atoms with van der Waals surface area (Å²) in [6.07, 6.45) is 0.392. The fourth-order valence-corrected chi connectivity index (χ4v) is 4.99. The van der Waals surface area contributed by atoms with E-state index >= 15 is 0 Å². The molecule has 5 heteroatoms. The molecule has 2 aliphatic rings. The molecule has 0 unspecified atom stereocenters. The maximum Gasteiger partial charge on any atom is 0.215 e. The predicted octanol–water partition coefficient (Wildman–Crippen LogP) is 7.39. The smallest absolute Gasteiger partial charge is 0.215 e. The van der Waals surface area contributed by atoms with Gasteiger partial charge in [0.15, 0.2) is 0 Å². The van der Waals surface area contributed by atoms with Gasteiger partial charge in [0.05, 0.1) is 16.8 Å². The van der Waals surface area contributed by atoms with Crippen LogP contribution in [0.5, 0.6) is 5.75 Å². The molecule has 2 heterocycles. The summed E-state index contributed by atoms with van der Waals surface area (Å²) in [6, 6.07) is 28.7. The molecule has 0 bridgehead atoms. The van der Waals surface area contributed by atoms with E-state index in [4.69, 9.17) is 33.0 Å². The van der Waals surface area contributed by atoms with Crippen LogP contribution in [-0.4, -0.2) is 10.7 Å². The van der Waals surface area contributed by atoms with E-state index in [9.17, 15) is 0 Å². The zero-order valence-electron chi connectivity index (χ0n) is 16.5. The van der Waals surface area contributed by atoms with Crippen molar-refractivity contribution in [3.8, 4) is 5.75 Å². The maximum atomic E-state index is 6.56. The molecule has 0 spiro atoms. The van der Waals surface area contributed by atoms with Crippen LogP contribution in [0.3, 0.4) is 0 Å². The van der Waals surface area contributed by atoms with E-state index in [1.54, 1.807) is 6.07 Å². The molecule has 31 heavy (non-hydrogen) atoms. The first-order valence-corrected chi connectivity index (χ1v) is 11.0. The lowest BCUT2D eigenvalue weighted by Crippen LogP contribution is -2.33. The van der Waals surface area contributed by atoms with Gasteiger partial charge < -0.3 is 4.74 Å². The number of hydrazone groups is 1. The largest absolute Gasteiger partial charge is 0.464 e. The van der Waals surface area contributed by atoms with Crippen LogP contribution in [-0.2, 0) is 0 Å². The van der Waals surface area contributed by atoms with Crippen molar-refractivity contribution in [2.75, 3.05) is 0 Å². The Hall–Kier alpha value is -3.01. The van der Waals surface area contributed by atoms with E-state index in [1.165, 1.54) is 10.8 Å². The van der Waals surface area contributed by atoms with Crippen LogP contribution in [0.15, 0.2) is 90.0 Å². The summed E-state index contributed by atoms with van der Waals surface area (Å²) in [5.74, 6) is 0.870. The first-order chi connectivity index (χ1) is 15.2. The summed E-state index contributed by atoms with van der Waals surface area (Å²) in [7, 11) is 0.